The van der Waals surface area contributed by atoms with Crippen LogP contribution in [0.3, 0.4) is 0 Å². The van der Waals surface area contributed by atoms with Crippen LogP contribution in [0.5, 0.6) is 0 Å². The molecule has 1 spiro atoms. The van der Waals surface area contributed by atoms with Crippen molar-refractivity contribution < 1.29 is 23.5 Å². The Hall–Kier alpha value is -2.49. The van der Waals surface area contributed by atoms with Crippen LogP contribution in [0, 0.1) is 11.7 Å². The summed E-state index contributed by atoms with van der Waals surface area (Å²) in [6.07, 6.45) is 2.73. The van der Waals surface area contributed by atoms with Gasteiger partial charge in [0, 0.05) is 23.1 Å². The second-order valence-corrected chi connectivity index (χ2v) is 8.57. The normalized spacial score (nSPS) is 24.3. The van der Waals surface area contributed by atoms with E-state index >= 15 is 0 Å². The summed E-state index contributed by atoms with van der Waals surface area (Å²) in [5, 5.41) is 9.23. The Morgan fingerprint density at radius 3 is 2.70 bits per heavy atom. The number of carbonyl (C=O) groups excluding carboxylic acids is 3. The van der Waals surface area contributed by atoms with E-state index in [2.05, 4.69) is 37.1 Å². The fourth-order valence-electron chi connectivity index (χ4n) is 4.12. The van der Waals surface area contributed by atoms with Gasteiger partial charge in [0.15, 0.2) is 5.60 Å². The van der Waals surface area contributed by atoms with Crippen molar-refractivity contribution in [2.24, 2.45) is 11.0 Å². The van der Waals surface area contributed by atoms with E-state index in [1.54, 1.807) is 6.07 Å². The lowest BCUT2D eigenvalue weighted by molar-refractivity contribution is -0.139. The van der Waals surface area contributed by atoms with Crippen molar-refractivity contribution in [3.05, 3.63) is 34.1 Å². The minimum atomic E-state index is -0.881. The maximum absolute atomic E-state index is 13.5. The molecule has 1 atom stereocenters. The average Bonchev–Trinajstić information content (AvgIpc) is 2.70. The molecule has 1 aliphatic heterocycles. The highest BCUT2D eigenvalue weighted by Crippen LogP contribution is 2.41. The van der Waals surface area contributed by atoms with Gasteiger partial charge in [0.25, 0.3) is 0 Å². The summed E-state index contributed by atoms with van der Waals surface area (Å²) in [6, 6.07) is 4.15. The van der Waals surface area contributed by atoms with E-state index in [0.29, 0.717) is 40.9 Å². The van der Waals surface area contributed by atoms with E-state index in [-0.39, 0.29) is 11.9 Å². The van der Waals surface area contributed by atoms with Crippen molar-refractivity contribution in [1.82, 2.24) is 16.1 Å². The molecule has 1 aromatic carbocycles. The van der Waals surface area contributed by atoms with Gasteiger partial charge in [0.2, 0.25) is 0 Å². The van der Waals surface area contributed by atoms with Crippen molar-refractivity contribution in [1.29, 1.82) is 0 Å². The zero-order chi connectivity index (χ0) is 21.9. The number of rotatable bonds is 4. The van der Waals surface area contributed by atoms with Gasteiger partial charge in [-0.3, -0.25) is 9.59 Å². The monoisotopic (exact) mass is 482 g/mol. The lowest BCUT2D eigenvalue weighted by Gasteiger charge is -2.42. The molecule has 1 saturated carbocycles. The molecule has 30 heavy (non-hydrogen) atoms. The van der Waals surface area contributed by atoms with Crippen LogP contribution >= 0.6 is 15.9 Å². The van der Waals surface area contributed by atoms with Gasteiger partial charge in [-0.05, 0) is 63.1 Å². The molecule has 1 fully saturated rings. The number of benzene rings is 1. The first-order valence-corrected chi connectivity index (χ1v) is 10.6. The maximum atomic E-state index is 13.5. The summed E-state index contributed by atoms with van der Waals surface area (Å²) >= 11 is 3.37. The van der Waals surface area contributed by atoms with E-state index in [0.717, 1.165) is 12.8 Å². The Kier molecular flexibility index (Phi) is 6.74. The van der Waals surface area contributed by atoms with Gasteiger partial charge in [0.05, 0.1) is 0 Å². The van der Waals surface area contributed by atoms with Gasteiger partial charge in [0.1, 0.15) is 11.5 Å². The minimum absolute atomic E-state index is 0.163. The van der Waals surface area contributed by atoms with Gasteiger partial charge >= 0.3 is 17.9 Å². The molecular formula is C20H24BrFN4O4. The first-order chi connectivity index (χ1) is 14.2. The number of nitrogens with zero attached hydrogens (tertiary/aromatic N) is 1. The second-order valence-electron chi connectivity index (χ2n) is 7.71. The molecule has 0 bridgehead atoms. The fraction of sp³-hybridized carbons (Fsp3) is 0.500. The zero-order valence-electron chi connectivity index (χ0n) is 16.8. The van der Waals surface area contributed by atoms with Crippen LogP contribution in [0.15, 0.2) is 27.8 Å². The molecule has 3 rings (SSSR count). The van der Waals surface area contributed by atoms with Crippen molar-refractivity contribution in [3.63, 3.8) is 0 Å². The Morgan fingerprint density at radius 2 is 2.07 bits per heavy atom. The Balaban J connectivity index is 1.69. The minimum Gasteiger partial charge on any atom is -0.435 e. The van der Waals surface area contributed by atoms with Gasteiger partial charge in [-0.15, -0.1) is 0 Å². The summed E-state index contributed by atoms with van der Waals surface area (Å²) in [4.78, 5) is 35.0. The van der Waals surface area contributed by atoms with Gasteiger partial charge in [-0.25, -0.2) is 14.6 Å². The first-order valence-electron chi connectivity index (χ1n) is 9.79. The number of hydrogen-bond donors (Lipinski definition) is 3. The summed E-state index contributed by atoms with van der Waals surface area (Å²) in [5.74, 6) is -1.41. The number of carbonyl (C=O) groups is 3. The molecule has 1 heterocycles. The number of likely N-dealkylation sites (N-methyl/N-ethyl adjacent to an activating group) is 1. The summed E-state index contributed by atoms with van der Waals surface area (Å²) in [7, 11) is 1.41. The zero-order valence-corrected chi connectivity index (χ0v) is 18.3. The SMILES string of the molecule is CNC(=O)C(=O)N[C@@H](C)CC1CCC2(CC1)OC(=O)NN=C2c1ccc(F)cc1Br. The quantitative estimate of drug-likeness (QED) is 0.572. The molecular weight excluding hydrogens is 459 g/mol. The molecule has 0 saturated heterocycles. The van der Waals surface area contributed by atoms with Crippen LogP contribution in [0.1, 0.15) is 44.6 Å². The first kappa shape index (κ1) is 22.2. The van der Waals surface area contributed by atoms with Crippen LogP contribution in [0.2, 0.25) is 0 Å². The van der Waals surface area contributed by atoms with Crippen LogP contribution in [-0.4, -0.2) is 42.3 Å². The van der Waals surface area contributed by atoms with E-state index in [1.165, 1.54) is 19.2 Å². The predicted molar refractivity (Wildman–Crippen MR) is 111 cm³/mol. The third-order valence-electron chi connectivity index (χ3n) is 5.58. The Labute approximate surface area is 182 Å². The highest BCUT2D eigenvalue weighted by molar-refractivity contribution is 9.10. The third kappa shape index (κ3) is 4.80. The third-order valence-corrected chi connectivity index (χ3v) is 6.23. The molecule has 0 aromatic heterocycles. The lowest BCUT2D eigenvalue weighted by atomic mass is 9.73. The van der Waals surface area contributed by atoms with Crippen molar-refractivity contribution in [2.45, 2.75) is 50.7 Å². The van der Waals surface area contributed by atoms with Crippen molar-refractivity contribution in [3.8, 4) is 0 Å². The van der Waals surface area contributed by atoms with Crippen LogP contribution in [0.4, 0.5) is 9.18 Å². The van der Waals surface area contributed by atoms with Gasteiger partial charge in [-0.2, -0.15) is 5.10 Å². The van der Waals surface area contributed by atoms with Crippen LogP contribution < -0.4 is 16.1 Å². The van der Waals surface area contributed by atoms with Crippen LogP contribution in [0.25, 0.3) is 0 Å². The molecule has 162 valence electrons. The van der Waals surface area contributed by atoms with E-state index in [1.807, 2.05) is 6.92 Å². The molecule has 3 N–H and O–H groups in total. The molecule has 8 nitrogen and oxygen atoms in total. The highest BCUT2D eigenvalue weighted by Gasteiger charge is 2.46. The Bertz CT molecular complexity index is 884. The molecule has 0 unspecified atom stereocenters. The largest absolute Gasteiger partial charge is 0.435 e. The molecule has 10 heteroatoms. The number of nitrogens with one attached hydrogen (secondary N) is 3. The molecule has 1 aromatic rings. The maximum Gasteiger partial charge on any atom is 0.428 e. The van der Waals surface area contributed by atoms with Crippen molar-refractivity contribution in [2.75, 3.05) is 7.05 Å². The van der Waals surface area contributed by atoms with Gasteiger partial charge < -0.3 is 15.4 Å². The summed E-state index contributed by atoms with van der Waals surface area (Å²) in [6.45, 7) is 1.86. The highest BCUT2D eigenvalue weighted by atomic mass is 79.9. The smallest absolute Gasteiger partial charge is 0.428 e. The van der Waals surface area contributed by atoms with E-state index in [4.69, 9.17) is 4.74 Å². The van der Waals surface area contributed by atoms with Gasteiger partial charge in [-0.1, -0.05) is 15.9 Å². The Morgan fingerprint density at radius 1 is 1.37 bits per heavy atom. The standard InChI is InChI=1S/C20H24BrFN4O4/c1-11(24-18(28)17(27)23-2)9-12-5-7-20(8-6-12)16(25-26-19(29)30-20)14-4-3-13(22)10-15(14)21/h3-4,10-12H,5-9H2,1-2H3,(H,23,27)(H,24,28)(H,26,29)/t11-,12?,20?/m0/s1. The molecule has 1 aliphatic carbocycles. The molecule has 0 radical (unpaired) electrons. The van der Waals surface area contributed by atoms with Crippen molar-refractivity contribution >= 4 is 39.5 Å². The average molecular weight is 483 g/mol. The fourth-order valence-corrected chi connectivity index (χ4v) is 4.66. The summed E-state index contributed by atoms with van der Waals surface area (Å²) in [5.41, 5.74) is 2.70. The second kappa shape index (κ2) is 9.11. The topological polar surface area (TPSA) is 109 Å². The lowest BCUT2D eigenvalue weighted by Crippen LogP contribution is -2.52. The van der Waals surface area contributed by atoms with E-state index in [9.17, 15) is 18.8 Å². The number of halogens is 2. The number of amides is 3. The van der Waals surface area contributed by atoms with Crippen LogP contribution in [-0.2, 0) is 14.3 Å². The predicted octanol–water partition coefficient (Wildman–Crippen LogP) is 2.60. The molecule has 2 aliphatic rings. The number of ether oxygens (including phenoxy) is 1. The molecule has 3 amide bonds. The number of hydrogen-bond acceptors (Lipinski definition) is 5. The number of hydrazone groups is 1. The summed E-state index contributed by atoms with van der Waals surface area (Å²) < 4.78 is 19.8. The van der Waals surface area contributed by atoms with E-state index < -0.39 is 23.5 Å².